The van der Waals surface area contributed by atoms with Crippen molar-refractivity contribution in [3.8, 4) is 0 Å². The van der Waals surface area contributed by atoms with Crippen LogP contribution in [0.5, 0.6) is 0 Å². The minimum absolute atomic E-state index is 0.198. The molecule has 0 saturated carbocycles. The van der Waals surface area contributed by atoms with Crippen LogP contribution >= 0.6 is 0 Å². The smallest absolute Gasteiger partial charge is 0.0948 e. The minimum atomic E-state index is -0.198. The van der Waals surface area contributed by atoms with E-state index in [9.17, 15) is 5.11 Å². The Morgan fingerprint density at radius 2 is 2.39 bits per heavy atom. The maximum atomic E-state index is 9.55. The Kier molecular flexibility index (Phi) is 4.78. The zero-order valence-corrected chi connectivity index (χ0v) is 11.5. The quantitative estimate of drug-likeness (QED) is 0.841. The molecule has 0 bridgehead atoms. The zero-order valence-electron chi connectivity index (χ0n) is 11.5. The van der Waals surface area contributed by atoms with Gasteiger partial charge in [0.1, 0.15) is 0 Å². The first kappa shape index (κ1) is 13.6. The summed E-state index contributed by atoms with van der Waals surface area (Å²) in [4.78, 5) is 6.75. The van der Waals surface area contributed by atoms with Crippen LogP contribution in [0.2, 0.25) is 0 Å². The van der Waals surface area contributed by atoms with E-state index in [4.69, 9.17) is 0 Å². The number of aliphatic hydroxyl groups excluding tert-OH is 1. The van der Waals surface area contributed by atoms with Crippen molar-refractivity contribution in [2.75, 3.05) is 6.54 Å². The molecule has 18 heavy (non-hydrogen) atoms. The summed E-state index contributed by atoms with van der Waals surface area (Å²) in [5.74, 6) is 0. The Balaban J connectivity index is 1.97. The number of nitrogens with zero attached hydrogens (tertiary/aromatic N) is 3. The number of hydrogen-bond acceptors (Lipinski definition) is 3. The van der Waals surface area contributed by atoms with E-state index in [0.29, 0.717) is 6.04 Å². The van der Waals surface area contributed by atoms with Crippen LogP contribution < -0.4 is 0 Å². The highest BCUT2D eigenvalue weighted by Gasteiger charge is 2.26. The SMILES string of the molecule is CCCn1cncc1CN1CCCC1CC(C)O. The Morgan fingerprint density at radius 3 is 3.11 bits per heavy atom. The van der Waals surface area contributed by atoms with E-state index in [1.807, 2.05) is 19.4 Å². The summed E-state index contributed by atoms with van der Waals surface area (Å²) in [7, 11) is 0. The molecule has 4 nitrogen and oxygen atoms in total. The number of hydrogen-bond donors (Lipinski definition) is 1. The number of aryl methyl sites for hydroxylation is 1. The van der Waals surface area contributed by atoms with Crippen LogP contribution in [0.15, 0.2) is 12.5 Å². The van der Waals surface area contributed by atoms with Gasteiger partial charge in [0.05, 0.1) is 18.1 Å². The van der Waals surface area contributed by atoms with Crippen molar-refractivity contribution in [2.45, 2.75) is 64.8 Å². The first-order chi connectivity index (χ1) is 8.70. The first-order valence-corrected chi connectivity index (χ1v) is 7.11. The van der Waals surface area contributed by atoms with E-state index in [0.717, 1.165) is 32.5 Å². The van der Waals surface area contributed by atoms with Gasteiger partial charge in [-0.25, -0.2) is 4.98 Å². The van der Waals surface area contributed by atoms with Gasteiger partial charge >= 0.3 is 0 Å². The first-order valence-electron chi connectivity index (χ1n) is 7.11. The van der Waals surface area contributed by atoms with E-state index >= 15 is 0 Å². The fourth-order valence-electron chi connectivity index (χ4n) is 2.89. The lowest BCUT2D eigenvalue weighted by Gasteiger charge is -2.25. The Bertz CT molecular complexity index is 362. The Hall–Kier alpha value is -0.870. The standard InChI is InChI=1S/C14H25N3O/c1-3-6-17-11-15-9-14(17)10-16-7-4-5-13(16)8-12(2)18/h9,11-13,18H,3-8,10H2,1-2H3. The van der Waals surface area contributed by atoms with E-state index in [2.05, 4.69) is 21.4 Å². The number of likely N-dealkylation sites (tertiary alicyclic amines) is 1. The second-order valence-electron chi connectivity index (χ2n) is 5.43. The number of aliphatic hydroxyl groups is 1. The van der Waals surface area contributed by atoms with Gasteiger partial charge in [0.15, 0.2) is 0 Å². The maximum absolute atomic E-state index is 9.55. The third-order valence-corrected chi connectivity index (χ3v) is 3.74. The Morgan fingerprint density at radius 1 is 1.56 bits per heavy atom. The summed E-state index contributed by atoms with van der Waals surface area (Å²) in [6, 6.07) is 0.537. The molecule has 2 unspecified atom stereocenters. The highest BCUT2D eigenvalue weighted by Crippen LogP contribution is 2.23. The van der Waals surface area contributed by atoms with Crippen LogP contribution in [0, 0.1) is 0 Å². The summed E-state index contributed by atoms with van der Waals surface area (Å²) in [5.41, 5.74) is 1.30. The lowest BCUT2D eigenvalue weighted by molar-refractivity contribution is 0.129. The van der Waals surface area contributed by atoms with Crippen molar-refractivity contribution >= 4 is 0 Å². The molecule has 1 fully saturated rings. The molecule has 0 radical (unpaired) electrons. The third kappa shape index (κ3) is 3.33. The van der Waals surface area contributed by atoms with E-state index < -0.39 is 0 Å². The van der Waals surface area contributed by atoms with Crippen LogP contribution in [0.3, 0.4) is 0 Å². The summed E-state index contributed by atoms with van der Waals surface area (Å²) in [6.45, 7) is 7.24. The van der Waals surface area contributed by atoms with Crippen molar-refractivity contribution in [1.29, 1.82) is 0 Å². The van der Waals surface area contributed by atoms with Gasteiger partial charge < -0.3 is 9.67 Å². The summed E-state index contributed by atoms with van der Waals surface area (Å²) in [5, 5.41) is 9.55. The molecular weight excluding hydrogens is 226 g/mol. The van der Waals surface area contributed by atoms with Gasteiger partial charge in [-0.3, -0.25) is 4.90 Å². The summed E-state index contributed by atoms with van der Waals surface area (Å²) < 4.78 is 2.25. The molecule has 0 aliphatic carbocycles. The van der Waals surface area contributed by atoms with Gasteiger partial charge in [-0.05, 0) is 39.2 Å². The van der Waals surface area contributed by atoms with Crippen molar-refractivity contribution in [2.24, 2.45) is 0 Å². The van der Waals surface area contributed by atoms with Crippen LogP contribution in [-0.2, 0) is 13.1 Å². The largest absolute Gasteiger partial charge is 0.393 e. The number of aromatic nitrogens is 2. The predicted molar refractivity (Wildman–Crippen MR) is 72.2 cm³/mol. The maximum Gasteiger partial charge on any atom is 0.0948 e. The molecule has 1 N–H and O–H groups in total. The molecule has 0 amide bonds. The predicted octanol–water partition coefficient (Wildman–Crippen LogP) is 2.03. The zero-order chi connectivity index (χ0) is 13.0. The minimum Gasteiger partial charge on any atom is -0.393 e. The van der Waals surface area contributed by atoms with Gasteiger partial charge in [-0.15, -0.1) is 0 Å². The lowest BCUT2D eigenvalue weighted by atomic mass is 10.1. The fourth-order valence-corrected chi connectivity index (χ4v) is 2.89. The lowest BCUT2D eigenvalue weighted by Crippen LogP contribution is -2.32. The van der Waals surface area contributed by atoms with Gasteiger partial charge in [0.25, 0.3) is 0 Å². The normalized spacial score (nSPS) is 22.5. The highest BCUT2D eigenvalue weighted by molar-refractivity contribution is 5.00. The van der Waals surface area contributed by atoms with Crippen molar-refractivity contribution in [1.82, 2.24) is 14.5 Å². The second kappa shape index (κ2) is 6.34. The van der Waals surface area contributed by atoms with E-state index in [1.54, 1.807) is 0 Å². The average molecular weight is 251 g/mol. The molecule has 102 valence electrons. The third-order valence-electron chi connectivity index (χ3n) is 3.74. The topological polar surface area (TPSA) is 41.3 Å². The van der Waals surface area contributed by atoms with Crippen molar-refractivity contribution in [3.05, 3.63) is 18.2 Å². The van der Waals surface area contributed by atoms with E-state index in [-0.39, 0.29) is 6.10 Å². The molecule has 2 atom stereocenters. The van der Waals surface area contributed by atoms with Gasteiger partial charge in [-0.1, -0.05) is 6.92 Å². The molecule has 1 aromatic heterocycles. The van der Waals surface area contributed by atoms with Gasteiger partial charge in [0, 0.05) is 25.3 Å². The monoisotopic (exact) mass is 251 g/mol. The van der Waals surface area contributed by atoms with Crippen LogP contribution in [-0.4, -0.2) is 38.2 Å². The molecule has 1 saturated heterocycles. The molecular formula is C14H25N3O. The molecule has 2 heterocycles. The van der Waals surface area contributed by atoms with Gasteiger partial charge in [0.2, 0.25) is 0 Å². The Labute approximate surface area is 110 Å². The average Bonchev–Trinajstić information content (AvgIpc) is 2.91. The molecule has 0 spiro atoms. The molecule has 1 aliphatic rings. The molecule has 1 aliphatic heterocycles. The molecule has 1 aromatic rings. The van der Waals surface area contributed by atoms with Gasteiger partial charge in [-0.2, -0.15) is 0 Å². The summed E-state index contributed by atoms with van der Waals surface area (Å²) >= 11 is 0. The molecule has 0 aromatic carbocycles. The van der Waals surface area contributed by atoms with Crippen LogP contribution in [0.1, 0.15) is 45.2 Å². The van der Waals surface area contributed by atoms with Crippen LogP contribution in [0.4, 0.5) is 0 Å². The second-order valence-corrected chi connectivity index (χ2v) is 5.43. The molecule has 2 rings (SSSR count). The fraction of sp³-hybridized carbons (Fsp3) is 0.786. The van der Waals surface area contributed by atoms with Crippen LogP contribution in [0.25, 0.3) is 0 Å². The van der Waals surface area contributed by atoms with Crippen molar-refractivity contribution < 1.29 is 5.11 Å². The number of rotatable bonds is 6. The highest BCUT2D eigenvalue weighted by atomic mass is 16.3. The molecule has 4 heteroatoms. The summed E-state index contributed by atoms with van der Waals surface area (Å²) in [6.07, 6.45) is 8.21. The van der Waals surface area contributed by atoms with Crippen molar-refractivity contribution in [3.63, 3.8) is 0 Å². The number of imidazole rings is 1. The van der Waals surface area contributed by atoms with E-state index in [1.165, 1.54) is 18.5 Å².